The molecule has 0 fully saturated rings. The van der Waals surface area contributed by atoms with Crippen LogP contribution in [0.25, 0.3) is 0 Å². The second-order valence-corrected chi connectivity index (χ2v) is 0.408. The summed E-state index contributed by atoms with van der Waals surface area (Å²) in [6.45, 7) is 0. The number of rotatable bonds is 0. The van der Waals surface area contributed by atoms with Gasteiger partial charge in [-0.15, -0.1) is 0 Å². The molecule has 0 aliphatic carbocycles. The summed E-state index contributed by atoms with van der Waals surface area (Å²) in [6, 6.07) is 0. The van der Waals surface area contributed by atoms with Crippen molar-refractivity contribution in [3.05, 3.63) is 0 Å². The van der Waals surface area contributed by atoms with Gasteiger partial charge < -0.3 is 9.84 Å². The second kappa shape index (κ2) is 39.5. The number of hydrogen-bond acceptors (Lipinski definition) is 2. The molecule has 0 aliphatic heterocycles. The molecule has 1 N–H and O–H groups in total. The predicted octanol–water partition coefficient (Wildman–Crippen LogP) is -0.129. The summed E-state index contributed by atoms with van der Waals surface area (Å²) in [5.74, 6) is 0. The van der Waals surface area contributed by atoms with Crippen LogP contribution in [0.2, 0.25) is 0 Å². The smallest absolute Gasteiger partial charge is 0.0351 e. The Balaban J connectivity index is 0. The highest BCUT2D eigenvalue weighted by Crippen LogP contribution is 1.28. The average molecular weight is 78.1 g/mol. The Morgan fingerprint density at radius 3 is 1.20 bits per heavy atom. The van der Waals surface area contributed by atoms with Gasteiger partial charge in [-0.25, -0.2) is 0 Å². The molecular formula is C3H10O2. The van der Waals surface area contributed by atoms with E-state index in [-0.39, 0.29) is 0 Å². The highest BCUT2D eigenvalue weighted by molar-refractivity contribution is 3.56. The average Bonchev–Trinajstić information content (AvgIpc) is 1.46. The van der Waals surface area contributed by atoms with E-state index in [0.717, 1.165) is 7.11 Å². The van der Waals surface area contributed by atoms with Gasteiger partial charge in [0.05, 0.1) is 0 Å². The van der Waals surface area contributed by atoms with Gasteiger partial charge in [-0.3, -0.25) is 0 Å². The van der Waals surface area contributed by atoms with Crippen molar-refractivity contribution in [1.29, 1.82) is 0 Å². The lowest BCUT2D eigenvalue weighted by Crippen LogP contribution is -1.55. The fourth-order valence-electron chi connectivity index (χ4n) is 0. The molecule has 0 amide bonds. The molecule has 0 spiro atoms. The summed E-state index contributed by atoms with van der Waals surface area (Å²) >= 11 is 0. The second-order valence-electron chi connectivity index (χ2n) is 0.408. The van der Waals surface area contributed by atoms with Crippen LogP contribution in [0.1, 0.15) is 0 Å². The van der Waals surface area contributed by atoms with E-state index >= 15 is 0 Å². The van der Waals surface area contributed by atoms with Gasteiger partial charge in [0.25, 0.3) is 0 Å². The SMILES string of the molecule is CO.COC. The molecule has 0 bridgehead atoms. The zero-order chi connectivity index (χ0) is 4.71. The molecule has 2 nitrogen and oxygen atoms in total. The lowest BCUT2D eigenvalue weighted by atomic mass is 11.6. The maximum atomic E-state index is 7.00. The summed E-state index contributed by atoms with van der Waals surface area (Å²) in [4.78, 5) is 0. The third-order valence-electron chi connectivity index (χ3n) is 0. The van der Waals surface area contributed by atoms with E-state index in [1.807, 2.05) is 0 Å². The molecule has 0 saturated heterocycles. The standard InChI is InChI=1S/C2H6O.CH4O/c1-3-2;1-2/h1-2H3;2H,1H3. The summed E-state index contributed by atoms with van der Waals surface area (Å²) < 4.78 is 4.25. The molecule has 0 aromatic rings. The molecule has 0 aliphatic rings. The molecule has 34 valence electrons. The maximum Gasteiger partial charge on any atom is 0.0351 e. The van der Waals surface area contributed by atoms with Gasteiger partial charge in [-0.05, 0) is 0 Å². The quantitative estimate of drug-likeness (QED) is 0.437. The van der Waals surface area contributed by atoms with Crippen LogP contribution in [0.4, 0.5) is 0 Å². The number of aliphatic hydroxyl groups is 1. The minimum Gasteiger partial charge on any atom is -0.400 e. The minimum absolute atomic E-state index is 1.00. The van der Waals surface area contributed by atoms with E-state index in [1.165, 1.54) is 0 Å². The molecule has 0 atom stereocenters. The van der Waals surface area contributed by atoms with E-state index < -0.39 is 0 Å². The highest BCUT2D eigenvalue weighted by atomic mass is 16.4. The van der Waals surface area contributed by atoms with E-state index in [2.05, 4.69) is 4.74 Å². The normalized spacial score (nSPS) is 4.80. The van der Waals surface area contributed by atoms with Crippen molar-refractivity contribution >= 4 is 0 Å². The van der Waals surface area contributed by atoms with Crippen LogP contribution in [0.3, 0.4) is 0 Å². The highest BCUT2D eigenvalue weighted by Gasteiger charge is 1.25. The van der Waals surface area contributed by atoms with Crippen molar-refractivity contribution in [2.24, 2.45) is 0 Å². The molecule has 0 rings (SSSR count). The Kier molecular flexibility index (Phi) is 70.0. The molecule has 0 saturated carbocycles. The van der Waals surface area contributed by atoms with Gasteiger partial charge in [0, 0.05) is 21.3 Å². The summed E-state index contributed by atoms with van der Waals surface area (Å²) in [6.07, 6.45) is 0. The van der Waals surface area contributed by atoms with Crippen LogP contribution in [0, 0.1) is 0 Å². The molecule has 2 heteroatoms. The number of aliphatic hydroxyl groups excluding tert-OH is 1. The van der Waals surface area contributed by atoms with Crippen molar-refractivity contribution in [3.63, 3.8) is 0 Å². The van der Waals surface area contributed by atoms with Crippen LogP contribution in [0.5, 0.6) is 0 Å². The van der Waals surface area contributed by atoms with Crippen LogP contribution in [0.15, 0.2) is 0 Å². The number of methoxy groups -OCH3 is 1. The Morgan fingerprint density at radius 2 is 1.20 bits per heavy atom. The van der Waals surface area contributed by atoms with Crippen molar-refractivity contribution in [3.8, 4) is 0 Å². The molecule has 5 heavy (non-hydrogen) atoms. The van der Waals surface area contributed by atoms with Gasteiger partial charge in [0.1, 0.15) is 0 Å². The Bertz CT molecular complexity index is 4.85. The van der Waals surface area contributed by atoms with Crippen molar-refractivity contribution in [1.82, 2.24) is 0 Å². The van der Waals surface area contributed by atoms with E-state index in [1.54, 1.807) is 14.2 Å². The minimum atomic E-state index is 1.00. The largest absolute Gasteiger partial charge is 0.400 e. The summed E-state index contributed by atoms with van der Waals surface area (Å²) in [7, 11) is 4.25. The van der Waals surface area contributed by atoms with Gasteiger partial charge >= 0.3 is 0 Å². The fourth-order valence-corrected chi connectivity index (χ4v) is 0. The first-order valence-corrected chi connectivity index (χ1v) is 1.26. The van der Waals surface area contributed by atoms with Crippen molar-refractivity contribution < 1.29 is 9.84 Å². The zero-order valence-corrected chi connectivity index (χ0v) is 3.86. The molecule has 0 unspecified atom stereocenters. The first-order chi connectivity index (χ1) is 2.41. The maximum absolute atomic E-state index is 7.00. The van der Waals surface area contributed by atoms with Gasteiger partial charge in [-0.2, -0.15) is 0 Å². The van der Waals surface area contributed by atoms with Crippen LogP contribution in [-0.4, -0.2) is 26.4 Å². The lowest BCUT2D eigenvalue weighted by Gasteiger charge is -1.61. The first-order valence-electron chi connectivity index (χ1n) is 1.26. The fraction of sp³-hybridized carbons (Fsp3) is 1.00. The number of hydrogen-bond donors (Lipinski definition) is 1. The Hall–Kier alpha value is -0.0800. The van der Waals surface area contributed by atoms with Crippen molar-refractivity contribution in [2.75, 3.05) is 21.3 Å². The van der Waals surface area contributed by atoms with Gasteiger partial charge in [-0.1, -0.05) is 0 Å². The third kappa shape index (κ3) is 2260. The molecular weight excluding hydrogens is 68.0 g/mol. The van der Waals surface area contributed by atoms with Crippen LogP contribution >= 0.6 is 0 Å². The third-order valence-corrected chi connectivity index (χ3v) is 0. The number of ether oxygens (including phenoxy) is 1. The van der Waals surface area contributed by atoms with Crippen LogP contribution < -0.4 is 0 Å². The Morgan fingerprint density at radius 1 is 1.20 bits per heavy atom. The van der Waals surface area contributed by atoms with E-state index in [9.17, 15) is 0 Å². The first kappa shape index (κ1) is 8.87. The molecule has 0 aromatic heterocycles. The lowest BCUT2D eigenvalue weighted by molar-refractivity contribution is 0.277. The molecule has 0 radical (unpaired) electrons. The molecule has 0 aromatic carbocycles. The topological polar surface area (TPSA) is 29.5 Å². The van der Waals surface area contributed by atoms with E-state index in [4.69, 9.17) is 5.11 Å². The summed E-state index contributed by atoms with van der Waals surface area (Å²) in [5.41, 5.74) is 0. The van der Waals surface area contributed by atoms with E-state index in [0.29, 0.717) is 0 Å². The predicted molar refractivity (Wildman–Crippen MR) is 21.1 cm³/mol. The van der Waals surface area contributed by atoms with Crippen LogP contribution in [-0.2, 0) is 4.74 Å². The molecule has 0 heterocycles. The van der Waals surface area contributed by atoms with Gasteiger partial charge in [0.15, 0.2) is 0 Å². The van der Waals surface area contributed by atoms with Gasteiger partial charge in [0.2, 0.25) is 0 Å². The Labute approximate surface area is 32.4 Å². The van der Waals surface area contributed by atoms with Crippen molar-refractivity contribution in [2.45, 2.75) is 0 Å². The zero-order valence-electron chi connectivity index (χ0n) is 3.86. The summed E-state index contributed by atoms with van der Waals surface area (Å²) in [5, 5.41) is 7.00. The monoisotopic (exact) mass is 78.1 g/mol.